The molecule has 8 heteroatoms. The van der Waals surface area contributed by atoms with Crippen molar-refractivity contribution in [2.24, 2.45) is 0 Å². The van der Waals surface area contributed by atoms with Gasteiger partial charge in [0, 0.05) is 17.2 Å². The first-order valence-corrected chi connectivity index (χ1v) is 9.53. The van der Waals surface area contributed by atoms with Gasteiger partial charge in [-0.2, -0.15) is 13.2 Å². The van der Waals surface area contributed by atoms with E-state index < -0.39 is 46.4 Å². The number of hydrogen-bond acceptors (Lipinski definition) is 0. The molecule has 0 bridgehead atoms. The molecule has 0 heterocycles. The molecule has 3 aromatic carbocycles. The molecule has 0 spiro atoms. The highest BCUT2D eigenvalue weighted by Gasteiger charge is 2.23. The highest BCUT2D eigenvalue weighted by Crippen LogP contribution is 2.33. The fourth-order valence-electron chi connectivity index (χ4n) is 3.32. The van der Waals surface area contributed by atoms with E-state index in [2.05, 4.69) is 0 Å². The second-order valence-electron chi connectivity index (χ2n) is 7.11. The lowest BCUT2D eigenvalue weighted by atomic mass is 9.96. The second kappa shape index (κ2) is 9.14. The molecule has 0 aliphatic heterocycles. The Labute approximate surface area is 178 Å². The molecule has 32 heavy (non-hydrogen) atoms. The first kappa shape index (κ1) is 23.5. The third-order valence-electron chi connectivity index (χ3n) is 4.73. The van der Waals surface area contributed by atoms with Gasteiger partial charge in [0.2, 0.25) is 0 Å². The summed E-state index contributed by atoms with van der Waals surface area (Å²) in [4.78, 5) is 0. The van der Waals surface area contributed by atoms with E-state index in [1.165, 1.54) is 6.07 Å². The predicted molar refractivity (Wildman–Crippen MR) is 106 cm³/mol. The summed E-state index contributed by atoms with van der Waals surface area (Å²) in [6.45, 7) is 1.85. The van der Waals surface area contributed by atoms with Crippen LogP contribution in [0, 0.1) is 29.1 Å². The monoisotopic (exact) mass is 456 g/mol. The molecule has 0 atom stereocenters. The molecule has 0 N–H and O–H groups in total. The number of allylic oxidation sites excluding steroid dienone is 1. The van der Waals surface area contributed by atoms with Gasteiger partial charge in [-0.15, -0.1) is 0 Å². The summed E-state index contributed by atoms with van der Waals surface area (Å²) < 4.78 is 109. The zero-order chi connectivity index (χ0) is 23.6. The number of aryl methyl sites for hydroxylation is 1. The number of rotatable bonds is 5. The van der Waals surface area contributed by atoms with Crippen LogP contribution in [0.4, 0.5) is 35.1 Å². The van der Waals surface area contributed by atoms with E-state index in [1.807, 2.05) is 6.92 Å². The Morgan fingerprint density at radius 1 is 0.719 bits per heavy atom. The van der Waals surface area contributed by atoms with Crippen molar-refractivity contribution in [3.05, 3.63) is 88.8 Å². The average Bonchev–Trinajstić information content (AvgIpc) is 2.66. The Balaban J connectivity index is 2.00. The van der Waals surface area contributed by atoms with Crippen molar-refractivity contribution in [3.8, 4) is 22.3 Å². The SMILES string of the molecule is CCCc1cc(F)c(-c2ccc(-c3cc(F)c(C=CC(F)(F)F)c(F)c3)c(F)c2)c(F)c1. The summed E-state index contributed by atoms with van der Waals surface area (Å²) in [5.41, 5.74) is -1.61. The average molecular weight is 456 g/mol. The summed E-state index contributed by atoms with van der Waals surface area (Å²) in [7, 11) is 0. The van der Waals surface area contributed by atoms with Crippen LogP contribution in [0.2, 0.25) is 0 Å². The minimum Gasteiger partial charge on any atom is -0.206 e. The molecule has 3 rings (SSSR count). The zero-order valence-corrected chi connectivity index (χ0v) is 16.6. The summed E-state index contributed by atoms with van der Waals surface area (Å²) in [5.74, 6) is -5.42. The Bertz CT molecular complexity index is 1130. The summed E-state index contributed by atoms with van der Waals surface area (Å²) >= 11 is 0. The molecule has 0 fully saturated rings. The topological polar surface area (TPSA) is 0 Å². The van der Waals surface area contributed by atoms with E-state index in [0.717, 1.165) is 24.3 Å². The first-order chi connectivity index (χ1) is 15.0. The molecule has 0 aliphatic carbocycles. The lowest BCUT2D eigenvalue weighted by Gasteiger charge is -2.11. The van der Waals surface area contributed by atoms with Crippen LogP contribution in [0.15, 0.2) is 48.5 Å². The quantitative estimate of drug-likeness (QED) is 0.339. The highest BCUT2D eigenvalue weighted by atomic mass is 19.4. The van der Waals surface area contributed by atoms with Gasteiger partial charge in [0.15, 0.2) is 0 Å². The van der Waals surface area contributed by atoms with E-state index in [0.29, 0.717) is 30.5 Å². The smallest absolute Gasteiger partial charge is 0.206 e. The minimum absolute atomic E-state index is 0.116. The van der Waals surface area contributed by atoms with Crippen molar-refractivity contribution >= 4 is 6.08 Å². The van der Waals surface area contributed by atoms with Gasteiger partial charge >= 0.3 is 6.18 Å². The maximum atomic E-state index is 14.7. The summed E-state index contributed by atoms with van der Waals surface area (Å²) in [6.07, 6.45) is -3.70. The first-order valence-electron chi connectivity index (χ1n) is 9.53. The molecule has 0 unspecified atom stereocenters. The molecule has 3 aromatic rings. The molecular weight excluding hydrogens is 440 g/mol. The number of benzene rings is 3. The van der Waals surface area contributed by atoms with Crippen LogP contribution in [0.25, 0.3) is 28.3 Å². The lowest BCUT2D eigenvalue weighted by molar-refractivity contribution is -0.0790. The maximum Gasteiger partial charge on any atom is 0.409 e. The van der Waals surface area contributed by atoms with Crippen molar-refractivity contribution in [1.82, 2.24) is 0 Å². The van der Waals surface area contributed by atoms with Crippen LogP contribution in [0.5, 0.6) is 0 Å². The van der Waals surface area contributed by atoms with Crippen LogP contribution >= 0.6 is 0 Å². The summed E-state index contributed by atoms with van der Waals surface area (Å²) in [6, 6.07) is 6.77. The molecule has 168 valence electrons. The van der Waals surface area contributed by atoms with Gasteiger partial charge in [-0.1, -0.05) is 25.5 Å². The molecule has 0 saturated heterocycles. The Hall–Kier alpha value is -3.16. The Kier molecular flexibility index (Phi) is 6.71. The number of alkyl halides is 3. The number of halogens is 8. The fraction of sp³-hybridized carbons (Fsp3) is 0.167. The van der Waals surface area contributed by atoms with Gasteiger partial charge in [0.25, 0.3) is 0 Å². The van der Waals surface area contributed by atoms with Gasteiger partial charge in [0.05, 0.1) is 5.56 Å². The molecule has 0 aliphatic rings. The maximum absolute atomic E-state index is 14.7. The largest absolute Gasteiger partial charge is 0.409 e. The van der Waals surface area contributed by atoms with Gasteiger partial charge in [-0.3, -0.25) is 0 Å². The van der Waals surface area contributed by atoms with Crippen molar-refractivity contribution in [2.75, 3.05) is 0 Å². The van der Waals surface area contributed by atoms with Crippen molar-refractivity contribution in [1.29, 1.82) is 0 Å². The molecule has 0 amide bonds. The lowest BCUT2D eigenvalue weighted by Crippen LogP contribution is -2.01. The van der Waals surface area contributed by atoms with E-state index >= 15 is 0 Å². The predicted octanol–water partition coefficient (Wildman–Crippen LogP) is 8.24. The zero-order valence-electron chi connectivity index (χ0n) is 16.6. The third-order valence-corrected chi connectivity index (χ3v) is 4.73. The molecular formula is C24H16F8. The van der Waals surface area contributed by atoms with Crippen LogP contribution in [-0.2, 0) is 6.42 Å². The van der Waals surface area contributed by atoms with Crippen LogP contribution < -0.4 is 0 Å². The Morgan fingerprint density at radius 2 is 1.28 bits per heavy atom. The van der Waals surface area contributed by atoms with Crippen LogP contribution in [-0.4, -0.2) is 6.18 Å². The fourth-order valence-corrected chi connectivity index (χ4v) is 3.32. The van der Waals surface area contributed by atoms with Gasteiger partial charge < -0.3 is 0 Å². The normalized spacial score (nSPS) is 12.0. The second-order valence-corrected chi connectivity index (χ2v) is 7.11. The van der Waals surface area contributed by atoms with Crippen molar-refractivity contribution < 1.29 is 35.1 Å². The van der Waals surface area contributed by atoms with Crippen molar-refractivity contribution in [2.45, 2.75) is 25.9 Å². The third kappa shape index (κ3) is 5.18. The minimum atomic E-state index is -4.77. The van der Waals surface area contributed by atoms with E-state index in [1.54, 1.807) is 0 Å². The molecule has 0 saturated carbocycles. The number of hydrogen-bond donors (Lipinski definition) is 0. The molecule has 0 aromatic heterocycles. The molecule has 0 nitrogen and oxygen atoms in total. The van der Waals surface area contributed by atoms with Gasteiger partial charge in [-0.25, -0.2) is 22.0 Å². The van der Waals surface area contributed by atoms with Crippen molar-refractivity contribution in [3.63, 3.8) is 0 Å². The summed E-state index contributed by atoms with van der Waals surface area (Å²) in [5, 5.41) is 0. The van der Waals surface area contributed by atoms with Crippen LogP contribution in [0.3, 0.4) is 0 Å². The van der Waals surface area contributed by atoms with E-state index in [-0.39, 0.29) is 28.8 Å². The molecule has 0 radical (unpaired) electrons. The van der Waals surface area contributed by atoms with Gasteiger partial charge in [-0.05, 0) is 59.5 Å². The van der Waals surface area contributed by atoms with Crippen LogP contribution in [0.1, 0.15) is 24.5 Å². The Morgan fingerprint density at radius 3 is 1.78 bits per heavy atom. The van der Waals surface area contributed by atoms with E-state index in [9.17, 15) is 35.1 Å². The standard InChI is InChI=1S/C24H16F8/c1-2-3-13-8-21(28)23(22(29)9-13)14-4-5-16(18(25)10-14)15-11-19(26)17(20(27)12-15)6-7-24(30,31)32/h4-12H,2-3H2,1H3. The van der Waals surface area contributed by atoms with E-state index in [4.69, 9.17) is 0 Å². The highest BCUT2D eigenvalue weighted by molar-refractivity contribution is 5.73. The van der Waals surface area contributed by atoms with Gasteiger partial charge in [0.1, 0.15) is 29.1 Å².